The summed E-state index contributed by atoms with van der Waals surface area (Å²) >= 11 is 0. The van der Waals surface area contributed by atoms with Gasteiger partial charge in [-0.3, -0.25) is 0 Å². The van der Waals surface area contributed by atoms with Crippen molar-refractivity contribution in [2.45, 2.75) is 18.4 Å². The lowest BCUT2D eigenvalue weighted by Gasteiger charge is -2.35. The maximum absolute atomic E-state index is 6.24. The average molecular weight is 323 g/mol. The van der Waals surface area contributed by atoms with Crippen molar-refractivity contribution in [1.29, 1.82) is 0 Å². The van der Waals surface area contributed by atoms with Gasteiger partial charge in [0.2, 0.25) is 0 Å². The van der Waals surface area contributed by atoms with E-state index in [4.69, 9.17) is 15.2 Å². The fourth-order valence-electron chi connectivity index (χ4n) is 2.57. The first-order valence-electron chi connectivity index (χ1n) is 6.31. The van der Waals surface area contributed by atoms with E-state index in [2.05, 4.69) is 18.0 Å². The maximum atomic E-state index is 6.24. The van der Waals surface area contributed by atoms with Gasteiger partial charge < -0.3 is 20.1 Å². The summed E-state index contributed by atoms with van der Waals surface area (Å²) in [5, 5.41) is 0. The first kappa shape index (κ1) is 19.3. The molecule has 1 aliphatic rings. The second kappa shape index (κ2) is 8.57. The van der Waals surface area contributed by atoms with E-state index in [1.807, 2.05) is 12.1 Å². The van der Waals surface area contributed by atoms with Crippen molar-refractivity contribution in [1.82, 2.24) is 4.90 Å². The summed E-state index contributed by atoms with van der Waals surface area (Å²) in [6.07, 6.45) is 1.04. The molecule has 0 aromatic heterocycles. The molecule has 0 aliphatic carbocycles. The summed E-state index contributed by atoms with van der Waals surface area (Å²) < 4.78 is 10.6. The van der Waals surface area contributed by atoms with Crippen LogP contribution in [0.4, 0.5) is 0 Å². The third-order valence-electron chi connectivity index (χ3n) is 3.71. The minimum atomic E-state index is 0. The van der Waals surface area contributed by atoms with Crippen molar-refractivity contribution >= 4 is 24.8 Å². The minimum absolute atomic E-state index is 0. The topological polar surface area (TPSA) is 47.7 Å². The lowest BCUT2D eigenvalue weighted by molar-refractivity contribution is 0.228. The number of nitrogens with zero attached hydrogens (tertiary/aromatic N) is 1. The Labute approximate surface area is 133 Å². The largest absolute Gasteiger partial charge is 0.493 e. The highest BCUT2D eigenvalue weighted by molar-refractivity contribution is 5.85. The van der Waals surface area contributed by atoms with Crippen LogP contribution in [0.25, 0.3) is 0 Å². The van der Waals surface area contributed by atoms with Gasteiger partial charge in [-0.25, -0.2) is 0 Å². The van der Waals surface area contributed by atoms with E-state index in [0.29, 0.717) is 5.92 Å². The molecule has 2 rings (SSSR count). The molecule has 1 fully saturated rings. The molecule has 6 heteroatoms. The Kier molecular flexibility index (Phi) is 8.28. The molecule has 0 saturated carbocycles. The van der Waals surface area contributed by atoms with Gasteiger partial charge in [0.15, 0.2) is 11.5 Å². The molecule has 116 valence electrons. The van der Waals surface area contributed by atoms with Crippen LogP contribution in [-0.2, 0) is 0 Å². The van der Waals surface area contributed by atoms with Crippen LogP contribution in [-0.4, -0.2) is 45.3 Å². The van der Waals surface area contributed by atoms with E-state index >= 15 is 0 Å². The van der Waals surface area contributed by atoms with E-state index in [0.717, 1.165) is 31.0 Å². The molecule has 2 atom stereocenters. The highest BCUT2D eigenvalue weighted by Gasteiger charge is 2.26. The predicted octanol–water partition coefficient (Wildman–Crippen LogP) is 2.29. The molecule has 0 radical (unpaired) electrons. The molecule has 1 heterocycles. The molecule has 1 aromatic carbocycles. The summed E-state index contributed by atoms with van der Waals surface area (Å²) in [6.45, 7) is 2.07. The monoisotopic (exact) mass is 322 g/mol. The van der Waals surface area contributed by atoms with E-state index in [9.17, 15) is 0 Å². The van der Waals surface area contributed by atoms with Gasteiger partial charge in [0.25, 0.3) is 0 Å². The Morgan fingerprint density at radius 1 is 1.15 bits per heavy atom. The third kappa shape index (κ3) is 4.16. The molecule has 0 amide bonds. The predicted molar refractivity (Wildman–Crippen MR) is 86.9 cm³/mol. The van der Waals surface area contributed by atoms with Crippen LogP contribution in [0, 0.1) is 0 Å². The van der Waals surface area contributed by atoms with Gasteiger partial charge in [0, 0.05) is 18.5 Å². The minimum Gasteiger partial charge on any atom is -0.493 e. The summed E-state index contributed by atoms with van der Waals surface area (Å²) in [6, 6.07) is 6.31. The van der Waals surface area contributed by atoms with Crippen LogP contribution in [0.5, 0.6) is 11.5 Å². The van der Waals surface area contributed by atoms with Crippen LogP contribution < -0.4 is 15.2 Å². The normalized spacial score (nSPS) is 22.4. The summed E-state index contributed by atoms with van der Waals surface area (Å²) in [4.78, 5) is 2.32. The van der Waals surface area contributed by atoms with Crippen LogP contribution in [0.1, 0.15) is 17.9 Å². The van der Waals surface area contributed by atoms with Crippen molar-refractivity contribution in [3.63, 3.8) is 0 Å². The van der Waals surface area contributed by atoms with Crippen molar-refractivity contribution in [2.24, 2.45) is 5.73 Å². The Morgan fingerprint density at radius 2 is 1.80 bits per heavy atom. The number of nitrogens with two attached hydrogens (primary N) is 1. The van der Waals surface area contributed by atoms with Gasteiger partial charge in [-0.1, -0.05) is 6.07 Å². The summed E-state index contributed by atoms with van der Waals surface area (Å²) in [5.41, 5.74) is 7.47. The van der Waals surface area contributed by atoms with Crippen molar-refractivity contribution in [3.8, 4) is 11.5 Å². The van der Waals surface area contributed by atoms with E-state index < -0.39 is 0 Å². The van der Waals surface area contributed by atoms with Crippen LogP contribution in [0.3, 0.4) is 0 Å². The second-order valence-electron chi connectivity index (χ2n) is 4.94. The second-order valence-corrected chi connectivity index (χ2v) is 4.94. The first-order chi connectivity index (χ1) is 8.65. The Morgan fingerprint density at radius 3 is 2.40 bits per heavy atom. The van der Waals surface area contributed by atoms with Crippen LogP contribution in [0.2, 0.25) is 0 Å². The highest BCUT2D eigenvalue weighted by atomic mass is 35.5. The average Bonchev–Trinajstić information content (AvgIpc) is 2.40. The van der Waals surface area contributed by atoms with Crippen molar-refractivity contribution in [2.75, 3.05) is 34.4 Å². The van der Waals surface area contributed by atoms with Gasteiger partial charge in [-0.15, -0.1) is 24.8 Å². The number of halogens is 2. The Hall–Kier alpha value is -0.680. The zero-order chi connectivity index (χ0) is 13.1. The lowest BCUT2D eigenvalue weighted by atomic mass is 9.86. The molecule has 1 aliphatic heterocycles. The standard InChI is InChI=1S/C14H22N2O2.2ClH/c1-16-7-6-12(15)11(9-16)10-4-5-13(17-2)14(8-10)18-3;;/h4-5,8,11-12H,6-7,9,15H2,1-3H3;2*1H/t11-,12-;;/m1../s1. The van der Waals surface area contributed by atoms with Crippen LogP contribution >= 0.6 is 24.8 Å². The number of hydrogen-bond donors (Lipinski definition) is 1. The van der Waals surface area contributed by atoms with E-state index in [1.54, 1.807) is 14.2 Å². The number of benzene rings is 1. The van der Waals surface area contributed by atoms with Gasteiger partial charge >= 0.3 is 0 Å². The fraction of sp³-hybridized carbons (Fsp3) is 0.571. The smallest absolute Gasteiger partial charge is 0.160 e. The molecular formula is C14H24Cl2N2O2. The SMILES string of the molecule is COc1ccc([C@H]2CN(C)CC[C@H]2N)cc1OC.Cl.Cl. The van der Waals surface area contributed by atoms with Gasteiger partial charge in [-0.2, -0.15) is 0 Å². The number of likely N-dealkylation sites (tertiary alicyclic amines) is 1. The molecule has 2 N–H and O–H groups in total. The number of rotatable bonds is 3. The molecule has 1 saturated heterocycles. The molecule has 0 spiro atoms. The highest BCUT2D eigenvalue weighted by Crippen LogP contribution is 2.33. The molecule has 20 heavy (non-hydrogen) atoms. The maximum Gasteiger partial charge on any atom is 0.160 e. The first-order valence-corrected chi connectivity index (χ1v) is 6.31. The number of ether oxygens (including phenoxy) is 2. The van der Waals surface area contributed by atoms with E-state index in [1.165, 1.54) is 5.56 Å². The van der Waals surface area contributed by atoms with Crippen molar-refractivity contribution in [3.05, 3.63) is 23.8 Å². The molecule has 0 unspecified atom stereocenters. The zero-order valence-electron chi connectivity index (χ0n) is 12.2. The molecule has 4 nitrogen and oxygen atoms in total. The number of likely N-dealkylation sites (N-methyl/N-ethyl adjacent to an activating group) is 1. The fourth-order valence-corrected chi connectivity index (χ4v) is 2.57. The van der Waals surface area contributed by atoms with Crippen LogP contribution in [0.15, 0.2) is 18.2 Å². The Balaban J connectivity index is 0.00000180. The quantitative estimate of drug-likeness (QED) is 0.927. The van der Waals surface area contributed by atoms with Gasteiger partial charge in [0.1, 0.15) is 0 Å². The number of methoxy groups -OCH3 is 2. The third-order valence-corrected chi connectivity index (χ3v) is 3.71. The number of piperidine rings is 1. The Bertz CT molecular complexity index is 418. The summed E-state index contributed by atoms with van der Waals surface area (Å²) in [5.74, 6) is 1.90. The molecule has 0 bridgehead atoms. The van der Waals surface area contributed by atoms with Crippen molar-refractivity contribution < 1.29 is 9.47 Å². The van der Waals surface area contributed by atoms with E-state index in [-0.39, 0.29) is 30.9 Å². The summed E-state index contributed by atoms with van der Waals surface area (Å²) in [7, 11) is 5.45. The number of hydrogen-bond acceptors (Lipinski definition) is 4. The molecular weight excluding hydrogens is 299 g/mol. The molecule has 1 aromatic rings. The van der Waals surface area contributed by atoms with Gasteiger partial charge in [0.05, 0.1) is 14.2 Å². The lowest BCUT2D eigenvalue weighted by Crippen LogP contribution is -2.43. The zero-order valence-corrected chi connectivity index (χ0v) is 13.8. The van der Waals surface area contributed by atoms with Gasteiger partial charge in [-0.05, 0) is 37.7 Å².